The highest BCUT2D eigenvalue weighted by Gasteiger charge is 2.38. The number of hydrogen-bond donors (Lipinski definition) is 0. The summed E-state index contributed by atoms with van der Waals surface area (Å²) in [6, 6.07) is 42.3. The summed E-state index contributed by atoms with van der Waals surface area (Å²) in [5, 5.41) is 48.6. The van der Waals surface area contributed by atoms with Gasteiger partial charge in [0.25, 0.3) is 0 Å². The van der Waals surface area contributed by atoms with Gasteiger partial charge in [0.15, 0.2) is 0 Å². The number of carbonyl (C=O) groups is 5. The van der Waals surface area contributed by atoms with Gasteiger partial charge in [-0.2, -0.15) is 26.3 Å². The number of nitriles is 5. The Labute approximate surface area is 790 Å². The number of aromatic nitrogens is 11. The zero-order chi connectivity index (χ0) is 96.1. The van der Waals surface area contributed by atoms with E-state index in [0.29, 0.717) is 136 Å². The molecule has 690 valence electrons. The summed E-state index contributed by atoms with van der Waals surface area (Å²) in [7, 11) is 0. The van der Waals surface area contributed by atoms with E-state index in [2.05, 4.69) is 148 Å². The molecular weight excluding hydrogens is 1690 g/mol. The first kappa shape index (κ1) is 100. The standard InChI is InChI=1S/C23H24N2O2.3C22H23N3O2.C20H21N5O2/c1-3-5-9-16(4-2)15-27-23(26)20(14-24)21-18-11-7-6-10-17(18)19-12-8-13-25-22(19)21;1-3-5-8-15(4-2)14-27-22(26)18(13-23)19-16-9-6-11-24-20(16)21-17(19)10-7-12-25-21;1-3-5-8-15(4-2)13-27-22(26)18(11-23)20-16-9-6-7-10-17(16)21-19(20)12-24-14-25-21;1-3-5-7-15(4-2)14-27-22(26)18(12-23)20-16-9-11-24-13-19(16)21-17(20)8-6-10-25-21;1-3-5-6-13(4-2)10-27-20(26)14(7-21)17-15-8-22-11-24-18(15)19-16(17)9-23-12-25-19/h6-8,10-13,16H,3-5,9,15H2,1-2H3;6-7,9-12,15H,3-5,8,14H2,1-2H3;6-7,9-10,12,14-15H,3-5,8,13H2,1-2H3;6,8-11,13,15H,3-5,7,14H2,1-2H3;8-9,11-13H,3-6,10H2,1-2H3/b21-20-;;2*20-18-;. The molecule has 10 aromatic rings. The molecule has 26 heteroatoms. The van der Waals surface area contributed by atoms with Crippen LogP contribution in [0.5, 0.6) is 0 Å². The first-order valence-electron chi connectivity index (χ1n) is 47.0. The lowest BCUT2D eigenvalue weighted by Crippen LogP contribution is -2.16. The number of rotatable bonds is 35. The molecule has 8 heterocycles. The molecule has 0 aliphatic heterocycles. The molecule has 0 radical (unpaired) electrons. The van der Waals surface area contributed by atoms with Crippen molar-refractivity contribution in [2.45, 2.75) is 198 Å². The van der Waals surface area contributed by atoms with Crippen molar-refractivity contribution in [1.82, 2.24) is 54.8 Å². The Morgan fingerprint density at radius 2 is 0.504 bits per heavy atom. The van der Waals surface area contributed by atoms with Gasteiger partial charge in [0, 0.05) is 134 Å². The van der Waals surface area contributed by atoms with Crippen molar-refractivity contribution >= 4 is 57.7 Å². The predicted octanol–water partition coefficient (Wildman–Crippen LogP) is 22.1. The maximum Gasteiger partial charge on any atom is 0.349 e. The predicted molar refractivity (Wildman–Crippen MR) is 515 cm³/mol. The molecule has 0 bridgehead atoms. The first-order chi connectivity index (χ1) is 66.0. The molecule has 8 aromatic heterocycles. The van der Waals surface area contributed by atoms with Crippen LogP contribution >= 0.6 is 0 Å². The number of nitrogens with zero attached hydrogens (tertiary/aromatic N) is 16. The van der Waals surface area contributed by atoms with Crippen LogP contribution in [-0.4, -0.2) is 118 Å². The number of esters is 5. The number of fused-ring (bicyclic) bond motifs is 15. The van der Waals surface area contributed by atoms with Crippen molar-refractivity contribution in [3.63, 3.8) is 0 Å². The van der Waals surface area contributed by atoms with Gasteiger partial charge in [0.1, 0.15) is 88.6 Å². The molecule has 26 nitrogen and oxygen atoms in total. The molecule has 0 spiro atoms. The van der Waals surface area contributed by atoms with Gasteiger partial charge in [-0.15, -0.1) is 0 Å². The van der Waals surface area contributed by atoms with Crippen molar-refractivity contribution in [3.05, 3.63) is 262 Å². The maximum atomic E-state index is 12.7. The minimum Gasteiger partial charge on any atom is -0.461 e. The molecule has 135 heavy (non-hydrogen) atoms. The average molecular weight is 1810 g/mol. The molecule has 0 amide bonds. The molecule has 2 aromatic carbocycles. The molecule has 5 atom stereocenters. The quantitative estimate of drug-likeness (QED) is 0.0154. The second-order valence-electron chi connectivity index (χ2n) is 33.3. The maximum absolute atomic E-state index is 12.7. The van der Waals surface area contributed by atoms with Crippen LogP contribution in [0.1, 0.15) is 253 Å². The van der Waals surface area contributed by atoms with Gasteiger partial charge >= 0.3 is 29.8 Å². The monoisotopic (exact) mass is 1810 g/mol. The van der Waals surface area contributed by atoms with Crippen molar-refractivity contribution in [2.24, 2.45) is 29.6 Å². The zero-order valence-electron chi connectivity index (χ0n) is 78.5. The van der Waals surface area contributed by atoms with E-state index in [1.807, 2.05) is 91.0 Å². The summed E-state index contributed by atoms with van der Waals surface area (Å²) in [6.07, 6.45) is 40.2. The van der Waals surface area contributed by atoms with Gasteiger partial charge in [0.2, 0.25) is 0 Å². The number of hydrogen-bond acceptors (Lipinski definition) is 26. The van der Waals surface area contributed by atoms with E-state index in [1.54, 1.807) is 74.0 Å². The van der Waals surface area contributed by atoms with E-state index in [4.69, 9.17) is 23.7 Å². The van der Waals surface area contributed by atoms with Crippen molar-refractivity contribution in [2.75, 3.05) is 33.0 Å². The molecule has 5 aliphatic rings. The molecule has 5 unspecified atom stereocenters. The average Bonchev–Trinajstić information content (AvgIpc) is 1.63. The van der Waals surface area contributed by atoms with E-state index in [9.17, 15) is 50.3 Å². The Morgan fingerprint density at radius 3 is 0.867 bits per heavy atom. The first-order valence-corrected chi connectivity index (χ1v) is 47.0. The van der Waals surface area contributed by atoms with Crippen LogP contribution in [-0.2, 0) is 47.7 Å². The second-order valence-corrected chi connectivity index (χ2v) is 33.3. The van der Waals surface area contributed by atoms with Crippen LogP contribution in [0.4, 0.5) is 0 Å². The highest BCUT2D eigenvalue weighted by Crippen LogP contribution is 2.49. The Bertz CT molecular complexity index is 5200. The second kappa shape index (κ2) is 51.1. The molecule has 0 saturated carbocycles. The summed E-state index contributed by atoms with van der Waals surface area (Å²) in [5.41, 5.74) is 17.8. The number of ether oxygens (including phenoxy) is 5. The molecular formula is C109H114N16O10. The third-order valence-corrected chi connectivity index (χ3v) is 24.7. The highest BCUT2D eigenvalue weighted by molar-refractivity contribution is 6.15. The van der Waals surface area contributed by atoms with Crippen LogP contribution in [0.25, 0.3) is 84.3 Å². The largest absolute Gasteiger partial charge is 0.461 e. The van der Waals surface area contributed by atoms with Crippen molar-refractivity contribution in [1.29, 1.82) is 26.3 Å². The van der Waals surface area contributed by atoms with Gasteiger partial charge in [-0.05, 0) is 114 Å². The van der Waals surface area contributed by atoms with E-state index in [0.717, 1.165) is 195 Å². The minimum absolute atomic E-state index is 0.0151. The molecule has 5 aliphatic carbocycles. The third kappa shape index (κ3) is 24.1. The highest BCUT2D eigenvalue weighted by atomic mass is 16.5. The molecule has 0 N–H and O–H groups in total. The fourth-order valence-electron chi connectivity index (χ4n) is 16.9. The van der Waals surface area contributed by atoms with Gasteiger partial charge < -0.3 is 23.7 Å². The van der Waals surface area contributed by atoms with Crippen LogP contribution in [0.2, 0.25) is 0 Å². The summed E-state index contributed by atoms with van der Waals surface area (Å²) in [5.74, 6) is -1.30. The zero-order valence-corrected chi connectivity index (χ0v) is 78.5. The topological polar surface area (TPSA) is 392 Å². The lowest BCUT2D eigenvalue weighted by atomic mass is 9.99. The van der Waals surface area contributed by atoms with Crippen LogP contribution in [0.3, 0.4) is 0 Å². The Kier molecular flexibility index (Phi) is 38.0. The van der Waals surface area contributed by atoms with Crippen LogP contribution in [0.15, 0.2) is 206 Å². The Morgan fingerprint density at radius 1 is 0.252 bits per heavy atom. The third-order valence-electron chi connectivity index (χ3n) is 24.7. The fraction of sp³-hybridized carbons (Fsp3) is 0.367. The summed E-state index contributed by atoms with van der Waals surface area (Å²) < 4.78 is 27.6. The van der Waals surface area contributed by atoms with Crippen LogP contribution in [0, 0.1) is 86.2 Å². The molecule has 0 saturated heterocycles. The lowest BCUT2D eigenvalue weighted by molar-refractivity contribution is -0.140. The molecule has 15 rings (SSSR count). The molecule has 0 fully saturated rings. The summed E-state index contributed by atoms with van der Waals surface area (Å²) in [6.45, 7) is 22.9. The van der Waals surface area contributed by atoms with Gasteiger partial charge in [-0.25, -0.2) is 53.9 Å². The fourth-order valence-corrected chi connectivity index (χ4v) is 16.9. The number of pyridine rings is 5. The van der Waals surface area contributed by atoms with E-state index in [-0.39, 0.29) is 27.9 Å². The van der Waals surface area contributed by atoms with Gasteiger partial charge in [0.05, 0.1) is 61.5 Å². The smallest absolute Gasteiger partial charge is 0.349 e. The SMILES string of the molecule is CCCCC(CC)COC(=O)/C(C#N)=C1/c2ccccc2-c2cccnc21.CCCCC(CC)COC(=O)/C(C#N)=C1/c2ccccc2-c2ncncc21.CCCCC(CC)COC(=O)/C(C#N)=C1/c2ccncc2-c2ncccc21.CCCCC(CC)COC(=O)C(C#N)=C1c2cccnc2-c2ncccc21.CCCCC(CC)COC(=O)C(C#N)=C1c2cncnc2-c2ncncc21. The van der Waals surface area contributed by atoms with E-state index in [1.165, 1.54) is 19.0 Å². The van der Waals surface area contributed by atoms with Crippen molar-refractivity contribution < 1.29 is 47.7 Å². The Balaban J connectivity index is 0.000000162. The number of unbranched alkanes of at least 4 members (excludes halogenated alkanes) is 5. The van der Waals surface area contributed by atoms with Crippen molar-refractivity contribution in [3.8, 4) is 86.8 Å². The summed E-state index contributed by atoms with van der Waals surface area (Å²) in [4.78, 5) is 110. The van der Waals surface area contributed by atoms with Crippen LogP contribution < -0.4 is 0 Å². The summed E-state index contributed by atoms with van der Waals surface area (Å²) >= 11 is 0. The number of benzene rings is 2. The van der Waals surface area contributed by atoms with Gasteiger partial charge in [-0.3, -0.25) is 24.9 Å². The van der Waals surface area contributed by atoms with E-state index < -0.39 is 29.8 Å². The van der Waals surface area contributed by atoms with Gasteiger partial charge in [-0.1, -0.05) is 238 Å². The minimum atomic E-state index is -0.631. The van der Waals surface area contributed by atoms with E-state index >= 15 is 0 Å². The lowest BCUT2D eigenvalue weighted by Gasteiger charge is -2.15. The number of carbonyl (C=O) groups excluding carboxylic acids is 5. The normalized spacial score (nSPS) is 13.9. The Hall–Kier alpha value is -15.1.